The van der Waals surface area contributed by atoms with Crippen LogP contribution in [0, 0.1) is 0 Å². The molecular weight excluding hydrogens is 200 g/mol. The van der Waals surface area contributed by atoms with E-state index in [0.717, 1.165) is 11.4 Å². The number of aromatic nitrogens is 2. The number of benzene rings is 1. The molecule has 3 heteroatoms. The standard InChI is InChI=1S/C13H14N2O/c16-9-11-8-13(10-6-7-10)15(14-11)12-4-2-1-3-5-12/h1-5,8,10,16H,6-7,9H2. The van der Waals surface area contributed by atoms with E-state index in [2.05, 4.69) is 5.10 Å². The third-order valence-corrected chi connectivity index (χ3v) is 2.95. The molecule has 1 aromatic carbocycles. The quantitative estimate of drug-likeness (QED) is 0.851. The highest BCUT2D eigenvalue weighted by Gasteiger charge is 2.28. The van der Waals surface area contributed by atoms with Crippen LogP contribution in [-0.4, -0.2) is 14.9 Å². The third kappa shape index (κ3) is 1.63. The largest absolute Gasteiger partial charge is 0.390 e. The first-order valence-electron chi connectivity index (χ1n) is 5.63. The molecule has 3 rings (SSSR count). The molecular formula is C13H14N2O. The Hall–Kier alpha value is -1.61. The van der Waals surface area contributed by atoms with Gasteiger partial charge in [-0.25, -0.2) is 4.68 Å². The van der Waals surface area contributed by atoms with E-state index in [0.29, 0.717) is 5.92 Å². The molecule has 3 nitrogen and oxygen atoms in total. The molecule has 16 heavy (non-hydrogen) atoms. The minimum atomic E-state index is 0.0134. The van der Waals surface area contributed by atoms with Gasteiger partial charge in [0.15, 0.2) is 0 Å². The van der Waals surface area contributed by atoms with Crippen molar-refractivity contribution in [2.24, 2.45) is 0 Å². The van der Waals surface area contributed by atoms with E-state index in [1.165, 1.54) is 18.5 Å². The van der Waals surface area contributed by atoms with Crippen molar-refractivity contribution >= 4 is 0 Å². The summed E-state index contributed by atoms with van der Waals surface area (Å²) in [6.07, 6.45) is 2.48. The second kappa shape index (κ2) is 3.76. The second-order valence-electron chi connectivity index (χ2n) is 4.24. The van der Waals surface area contributed by atoms with Crippen LogP contribution in [0.1, 0.15) is 30.1 Å². The Kier molecular flexibility index (Phi) is 2.26. The molecule has 0 amide bonds. The number of aliphatic hydroxyl groups is 1. The van der Waals surface area contributed by atoms with E-state index in [1.54, 1.807) is 0 Å². The maximum Gasteiger partial charge on any atom is 0.0886 e. The number of aliphatic hydroxyl groups excluding tert-OH is 1. The Labute approximate surface area is 94.3 Å². The molecule has 2 aromatic rings. The van der Waals surface area contributed by atoms with Crippen LogP contribution in [0.25, 0.3) is 5.69 Å². The van der Waals surface area contributed by atoms with Crippen molar-refractivity contribution in [3.05, 3.63) is 47.8 Å². The summed E-state index contributed by atoms with van der Waals surface area (Å²) in [4.78, 5) is 0. The number of hydrogen-bond acceptors (Lipinski definition) is 2. The van der Waals surface area contributed by atoms with E-state index in [1.807, 2.05) is 41.1 Å². The summed E-state index contributed by atoms with van der Waals surface area (Å²) >= 11 is 0. The molecule has 0 radical (unpaired) electrons. The van der Waals surface area contributed by atoms with Crippen LogP contribution < -0.4 is 0 Å². The maximum absolute atomic E-state index is 9.15. The minimum absolute atomic E-state index is 0.0134. The van der Waals surface area contributed by atoms with E-state index >= 15 is 0 Å². The Morgan fingerprint density at radius 1 is 1.25 bits per heavy atom. The molecule has 1 heterocycles. The highest BCUT2D eigenvalue weighted by Crippen LogP contribution is 2.41. The van der Waals surface area contributed by atoms with Crippen LogP contribution in [0.3, 0.4) is 0 Å². The highest BCUT2D eigenvalue weighted by molar-refractivity contribution is 5.35. The maximum atomic E-state index is 9.15. The summed E-state index contributed by atoms with van der Waals surface area (Å²) in [5.74, 6) is 0.632. The number of para-hydroxylation sites is 1. The normalized spacial score (nSPS) is 15.3. The van der Waals surface area contributed by atoms with Crippen LogP contribution in [-0.2, 0) is 6.61 Å². The fourth-order valence-electron chi connectivity index (χ4n) is 1.97. The lowest BCUT2D eigenvalue weighted by atomic mass is 10.2. The zero-order valence-electron chi connectivity index (χ0n) is 9.00. The van der Waals surface area contributed by atoms with Crippen molar-refractivity contribution in [1.29, 1.82) is 0 Å². The number of rotatable bonds is 3. The summed E-state index contributed by atoms with van der Waals surface area (Å²) in [6.45, 7) is 0.0134. The molecule has 1 aliphatic carbocycles. The number of nitrogens with zero attached hydrogens (tertiary/aromatic N) is 2. The lowest BCUT2D eigenvalue weighted by molar-refractivity contribution is 0.276. The van der Waals surface area contributed by atoms with Crippen LogP contribution in [0.2, 0.25) is 0 Å². The molecule has 0 saturated heterocycles. The molecule has 1 saturated carbocycles. The van der Waals surface area contributed by atoms with Gasteiger partial charge in [0, 0.05) is 11.6 Å². The SMILES string of the molecule is OCc1cc(C2CC2)n(-c2ccccc2)n1. The first kappa shape index (κ1) is 9.60. The lowest BCUT2D eigenvalue weighted by Crippen LogP contribution is -2.01. The topological polar surface area (TPSA) is 38.0 Å². The molecule has 82 valence electrons. The van der Waals surface area contributed by atoms with E-state index in [9.17, 15) is 0 Å². The Morgan fingerprint density at radius 2 is 2.00 bits per heavy atom. The monoisotopic (exact) mass is 214 g/mol. The minimum Gasteiger partial charge on any atom is -0.390 e. The summed E-state index contributed by atoms with van der Waals surface area (Å²) in [6, 6.07) is 12.1. The summed E-state index contributed by atoms with van der Waals surface area (Å²) in [5, 5.41) is 13.6. The van der Waals surface area contributed by atoms with Crippen LogP contribution in [0.4, 0.5) is 0 Å². The summed E-state index contributed by atoms with van der Waals surface area (Å²) < 4.78 is 1.96. The van der Waals surface area contributed by atoms with Gasteiger partial charge in [0.25, 0.3) is 0 Å². The van der Waals surface area contributed by atoms with Gasteiger partial charge in [-0.2, -0.15) is 5.10 Å². The molecule has 1 aromatic heterocycles. The molecule has 0 atom stereocenters. The van der Waals surface area contributed by atoms with Gasteiger partial charge in [-0.05, 0) is 31.0 Å². The fraction of sp³-hybridized carbons (Fsp3) is 0.308. The molecule has 1 aliphatic rings. The van der Waals surface area contributed by atoms with Crippen molar-refractivity contribution in [1.82, 2.24) is 9.78 Å². The zero-order valence-corrected chi connectivity index (χ0v) is 9.00. The first-order chi connectivity index (χ1) is 7.88. The van der Waals surface area contributed by atoms with Gasteiger partial charge in [-0.3, -0.25) is 0 Å². The lowest BCUT2D eigenvalue weighted by Gasteiger charge is -2.05. The second-order valence-corrected chi connectivity index (χ2v) is 4.24. The van der Waals surface area contributed by atoms with E-state index in [4.69, 9.17) is 5.11 Å². The van der Waals surface area contributed by atoms with E-state index < -0.39 is 0 Å². The smallest absolute Gasteiger partial charge is 0.0886 e. The van der Waals surface area contributed by atoms with Gasteiger partial charge in [-0.1, -0.05) is 18.2 Å². The van der Waals surface area contributed by atoms with Gasteiger partial charge >= 0.3 is 0 Å². The van der Waals surface area contributed by atoms with Crippen molar-refractivity contribution in [3.63, 3.8) is 0 Å². The van der Waals surface area contributed by atoms with Crippen LogP contribution >= 0.6 is 0 Å². The Balaban J connectivity index is 2.08. The van der Waals surface area contributed by atoms with Gasteiger partial charge in [-0.15, -0.1) is 0 Å². The molecule has 1 N–H and O–H groups in total. The molecule has 0 aliphatic heterocycles. The van der Waals surface area contributed by atoms with Gasteiger partial charge in [0.05, 0.1) is 18.0 Å². The van der Waals surface area contributed by atoms with Crippen molar-refractivity contribution in [2.45, 2.75) is 25.4 Å². The van der Waals surface area contributed by atoms with Gasteiger partial charge in [0.1, 0.15) is 0 Å². The fourth-order valence-corrected chi connectivity index (χ4v) is 1.97. The zero-order chi connectivity index (χ0) is 11.0. The van der Waals surface area contributed by atoms with E-state index in [-0.39, 0.29) is 6.61 Å². The molecule has 0 unspecified atom stereocenters. The molecule has 1 fully saturated rings. The average molecular weight is 214 g/mol. The Morgan fingerprint density at radius 3 is 2.62 bits per heavy atom. The van der Waals surface area contributed by atoms with Crippen molar-refractivity contribution in [2.75, 3.05) is 0 Å². The summed E-state index contributed by atoms with van der Waals surface area (Å²) in [7, 11) is 0. The average Bonchev–Trinajstić information content (AvgIpc) is 3.10. The van der Waals surface area contributed by atoms with Gasteiger partial charge < -0.3 is 5.11 Å². The highest BCUT2D eigenvalue weighted by atomic mass is 16.3. The predicted molar refractivity (Wildman–Crippen MR) is 61.5 cm³/mol. The summed E-state index contributed by atoms with van der Waals surface area (Å²) in [5.41, 5.74) is 3.06. The van der Waals surface area contributed by atoms with Crippen LogP contribution in [0.15, 0.2) is 36.4 Å². The third-order valence-electron chi connectivity index (χ3n) is 2.95. The first-order valence-corrected chi connectivity index (χ1v) is 5.63. The van der Waals surface area contributed by atoms with Gasteiger partial charge in [0.2, 0.25) is 0 Å². The van der Waals surface area contributed by atoms with Crippen LogP contribution in [0.5, 0.6) is 0 Å². The molecule has 0 bridgehead atoms. The van der Waals surface area contributed by atoms with Crippen molar-refractivity contribution < 1.29 is 5.11 Å². The predicted octanol–water partition coefficient (Wildman–Crippen LogP) is 2.24. The van der Waals surface area contributed by atoms with Crippen molar-refractivity contribution in [3.8, 4) is 5.69 Å². The number of hydrogen-bond donors (Lipinski definition) is 1. The Bertz CT molecular complexity index is 486. The molecule has 0 spiro atoms.